The molecule has 0 bridgehead atoms. The molecule has 7 heteroatoms. The van der Waals surface area contributed by atoms with Crippen LogP contribution in [0.25, 0.3) is 10.4 Å². The number of rotatable bonds is 4. The van der Waals surface area contributed by atoms with Crippen molar-refractivity contribution in [2.45, 2.75) is 13.3 Å². The fourth-order valence-electron chi connectivity index (χ4n) is 0.919. The Balaban J connectivity index is 2.56. The summed E-state index contributed by atoms with van der Waals surface area (Å²) in [6, 6.07) is 0. The van der Waals surface area contributed by atoms with Crippen LogP contribution in [0.3, 0.4) is 0 Å². The van der Waals surface area contributed by atoms with Gasteiger partial charge in [0, 0.05) is 23.3 Å². The predicted molar refractivity (Wildman–Crippen MR) is 63.6 cm³/mol. The minimum Gasteiger partial charge on any atom is -0.461 e. The minimum atomic E-state index is -0.439. The number of carbonyl (C=O) groups is 1. The Bertz CT molecular complexity index is 494. The van der Waals surface area contributed by atoms with Crippen molar-refractivity contribution >= 4 is 17.3 Å². The van der Waals surface area contributed by atoms with Crippen LogP contribution in [0, 0.1) is 11.8 Å². The van der Waals surface area contributed by atoms with Crippen LogP contribution >= 0.6 is 11.3 Å². The molecule has 1 rings (SSSR count). The summed E-state index contributed by atoms with van der Waals surface area (Å²) >= 11 is 1.28. The number of aromatic nitrogens is 1. The van der Waals surface area contributed by atoms with Gasteiger partial charge in [-0.25, -0.2) is 9.78 Å². The lowest BCUT2D eigenvalue weighted by Gasteiger charge is -1.95. The molecule has 0 aliphatic heterocycles. The molecule has 0 radical (unpaired) electrons. The lowest BCUT2D eigenvalue weighted by Crippen LogP contribution is -2.04. The van der Waals surface area contributed by atoms with Crippen LogP contribution in [0.2, 0.25) is 0 Å². The number of hydrogen-bond donors (Lipinski definition) is 0. The molecule has 0 amide bonds. The molecule has 1 aromatic heterocycles. The number of esters is 1. The van der Waals surface area contributed by atoms with E-state index in [0.717, 1.165) is 0 Å². The van der Waals surface area contributed by atoms with E-state index in [-0.39, 0.29) is 5.69 Å². The van der Waals surface area contributed by atoms with E-state index in [2.05, 4.69) is 26.9 Å². The third kappa shape index (κ3) is 4.55. The Morgan fingerprint density at radius 1 is 1.76 bits per heavy atom. The summed E-state index contributed by atoms with van der Waals surface area (Å²) in [4.78, 5) is 17.9. The predicted octanol–water partition coefficient (Wildman–Crippen LogP) is 2.37. The fourth-order valence-corrected chi connectivity index (χ4v) is 1.57. The number of azide groups is 1. The van der Waals surface area contributed by atoms with Gasteiger partial charge in [-0.05, 0) is 18.4 Å². The molecule has 17 heavy (non-hydrogen) atoms. The molecule has 0 aromatic carbocycles. The molecule has 88 valence electrons. The zero-order chi connectivity index (χ0) is 12.5. The number of hydrogen-bond acceptors (Lipinski definition) is 5. The molecular formula is C10H10N4O2S. The first kappa shape index (κ1) is 13.0. The maximum absolute atomic E-state index is 11.3. The average Bonchev–Trinajstić information content (AvgIpc) is 2.78. The van der Waals surface area contributed by atoms with Gasteiger partial charge in [0.15, 0.2) is 10.7 Å². The molecule has 0 saturated heterocycles. The van der Waals surface area contributed by atoms with Crippen molar-refractivity contribution in [3.63, 3.8) is 0 Å². The second-order valence-corrected chi connectivity index (χ2v) is 3.62. The molecular weight excluding hydrogens is 240 g/mol. The standard InChI is InChI=1S/C10H10N4O2S/c1-2-16-10(15)8-7-17-9(13-8)5-3-4-6-12-14-11/h7H,2,4,6H2,1H3. The first-order chi connectivity index (χ1) is 8.27. The average molecular weight is 250 g/mol. The lowest BCUT2D eigenvalue weighted by atomic mass is 10.4. The van der Waals surface area contributed by atoms with Gasteiger partial charge < -0.3 is 4.74 Å². The SMILES string of the molecule is CCOC(=O)c1csc(C#CCCN=[N+]=[N-])n1. The number of nitrogens with zero attached hydrogens (tertiary/aromatic N) is 4. The highest BCUT2D eigenvalue weighted by atomic mass is 32.1. The summed E-state index contributed by atoms with van der Waals surface area (Å²) < 4.78 is 4.80. The summed E-state index contributed by atoms with van der Waals surface area (Å²) in [5.41, 5.74) is 8.32. The van der Waals surface area contributed by atoms with E-state index in [1.165, 1.54) is 11.3 Å². The van der Waals surface area contributed by atoms with Crippen LogP contribution in [0.4, 0.5) is 0 Å². The van der Waals surface area contributed by atoms with Crippen LogP contribution in [-0.4, -0.2) is 24.1 Å². The lowest BCUT2D eigenvalue weighted by molar-refractivity contribution is 0.0520. The number of ether oxygens (including phenoxy) is 1. The first-order valence-electron chi connectivity index (χ1n) is 4.90. The summed E-state index contributed by atoms with van der Waals surface area (Å²) in [7, 11) is 0. The summed E-state index contributed by atoms with van der Waals surface area (Å²) in [5, 5.41) is 5.50. The van der Waals surface area contributed by atoms with Gasteiger partial charge >= 0.3 is 5.97 Å². The Morgan fingerprint density at radius 3 is 3.29 bits per heavy atom. The van der Waals surface area contributed by atoms with Crippen LogP contribution < -0.4 is 0 Å². The van der Waals surface area contributed by atoms with Gasteiger partial charge in [-0.2, -0.15) is 0 Å². The maximum atomic E-state index is 11.3. The van der Waals surface area contributed by atoms with E-state index < -0.39 is 5.97 Å². The molecule has 0 fully saturated rings. The van der Waals surface area contributed by atoms with Gasteiger partial charge in [0.05, 0.1) is 6.61 Å². The van der Waals surface area contributed by atoms with E-state index >= 15 is 0 Å². The highest BCUT2D eigenvalue weighted by molar-refractivity contribution is 7.10. The monoisotopic (exact) mass is 250 g/mol. The molecule has 1 heterocycles. The van der Waals surface area contributed by atoms with E-state index in [1.807, 2.05) is 0 Å². The molecule has 0 unspecified atom stereocenters. The molecule has 0 saturated carbocycles. The Hall–Kier alpha value is -2.03. The molecule has 0 aliphatic carbocycles. The molecule has 1 aromatic rings. The second-order valence-electron chi connectivity index (χ2n) is 2.76. The van der Waals surface area contributed by atoms with Crippen molar-refractivity contribution in [3.05, 3.63) is 26.5 Å². The highest BCUT2D eigenvalue weighted by Crippen LogP contribution is 2.09. The Labute approximate surface area is 102 Å². The summed E-state index contributed by atoms with van der Waals surface area (Å²) in [6.45, 7) is 2.39. The zero-order valence-electron chi connectivity index (χ0n) is 9.21. The van der Waals surface area contributed by atoms with Gasteiger partial charge in [-0.3, -0.25) is 0 Å². The molecule has 6 nitrogen and oxygen atoms in total. The quantitative estimate of drug-likeness (QED) is 0.205. The number of thiazole rings is 1. The number of carbonyl (C=O) groups excluding carboxylic acids is 1. The van der Waals surface area contributed by atoms with E-state index in [1.54, 1.807) is 12.3 Å². The zero-order valence-corrected chi connectivity index (χ0v) is 10.0. The van der Waals surface area contributed by atoms with E-state index in [9.17, 15) is 4.79 Å². The van der Waals surface area contributed by atoms with Gasteiger partial charge in [0.2, 0.25) is 0 Å². The smallest absolute Gasteiger partial charge is 0.357 e. The molecule has 0 N–H and O–H groups in total. The van der Waals surface area contributed by atoms with Crippen molar-refractivity contribution in [1.29, 1.82) is 0 Å². The molecule has 0 aliphatic rings. The van der Waals surface area contributed by atoms with Crippen molar-refractivity contribution in [3.8, 4) is 11.8 Å². The van der Waals surface area contributed by atoms with Crippen LogP contribution in [0.15, 0.2) is 10.5 Å². The Kier molecular flexibility index (Phi) is 5.58. The topological polar surface area (TPSA) is 88.0 Å². The van der Waals surface area contributed by atoms with Crippen molar-refractivity contribution in [2.75, 3.05) is 13.2 Å². The second kappa shape index (κ2) is 7.28. The minimum absolute atomic E-state index is 0.274. The van der Waals surface area contributed by atoms with Crippen LogP contribution in [-0.2, 0) is 4.74 Å². The summed E-state index contributed by atoms with van der Waals surface area (Å²) in [5.74, 6) is 5.15. The third-order valence-electron chi connectivity index (χ3n) is 1.58. The third-order valence-corrected chi connectivity index (χ3v) is 2.34. The van der Waals surface area contributed by atoms with Crippen molar-refractivity contribution in [1.82, 2.24) is 4.98 Å². The van der Waals surface area contributed by atoms with Gasteiger partial charge in [-0.1, -0.05) is 11.0 Å². The van der Waals surface area contributed by atoms with E-state index in [4.69, 9.17) is 10.3 Å². The normalized spacial score (nSPS) is 8.76. The van der Waals surface area contributed by atoms with Gasteiger partial charge in [0.1, 0.15) is 0 Å². The van der Waals surface area contributed by atoms with Gasteiger partial charge in [-0.15, -0.1) is 11.3 Å². The highest BCUT2D eigenvalue weighted by Gasteiger charge is 2.09. The molecule has 0 atom stereocenters. The first-order valence-corrected chi connectivity index (χ1v) is 5.78. The Morgan fingerprint density at radius 2 is 2.59 bits per heavy atom. The van der Waals surface area contributed by atoms with Crippen LogP contribution in [0.5, 0.6) is 0 Å². The van der Waals surface area contributed by atoms with Crippen molar-refractivity contribution in [2.24, 2.45) is 5.11 Å². The van der Waals surface area contributed by atoms with Crippen LogP contribution in [0.1, 0.15) is 28.8 Å². The summed E-state index contributed by atoms with van der Waals surface area (Å²) in [6.07, 6.45) is 0.471. The van der Waals surface area contributed by atoms with Gasteiger partial charge in [0.25, 0.3) is 0 Å². The maximum Gasteiger partial charge on any atom is 0.357 e. The molecule has 0 spiro atoms. The largest absolute Gasteiger partial charge is 0.461 e. The van der Waals surface area contributed by atoms with Crippen molar-refractivity contribution < 1.29 is 9.53 Å². The fraction of sp³-hybridized carbons (Fsp3) is 0.400. The van der Waals surface area contributed by atoms with E-state index in [0.29, 0.717) is 24.6 Å².